The fourth-order valence-electron chi connectivity index (χ4n) is 2.32. The van der Waals surface area contributed by atoms with Crippen LogP contribution in [0.25, 0.3) is 5.95 Å². The van der Waals surface area contributed by atoms with Crippen LogP contribution in [0.4, 0.5) is 11.9 Å². The molecule has 106 valence electrons. The van der Waals surface area contributed by atoms with E-state index < -0.39 is 0 Å². The fourth-order valence-corrected chi connectivity index (χ4v) is 2.32. The minimum Gasteiger partial charge on any atom is -0.376 e. The lowest BCUT2D eigenvalue weighted by atomic mass is 10.1. The van der Waals surface area contributed by atoms with E-state index in [1.807, 2.05) is 18.9 Å². The molecule has 3 rings (SSSR count). The van der Waals surface area contributed by atoms with Crippen molar-refractivity contribution < 1.29 is 4.74 Å². The van der Waals surface area contributed by atoms with Gasteiger partial charge in [0.15, 0.2) is 0 Å². The van der Waals surface area contributed by atoms with Crippen LogP contribution in [-0.2, 0) is 4.74 Å². The van der Waals surface area contributed by atoms with Crippen LogP contribution in [0, 0.1) is 0 Å². The number of likely N-dealkylation sites (N-methyl/N-ethyl adjacent to an activating group) is 1. The number of aromatic nitrogens is 6. The molecule has 9 nitrogen and oxygen atoms in total. The molecule has 0 spiro atoms. The van der Waals surface area contributed by atoms with Crippen molar-refractivity contribution in [2.45, 2.75) is 25.5 Å². The Labute approximate surface area is 115 Å². The zero-order chi connectivity index (χ0) is 14.1. The van der Waals surface area contributed by atoms with E-state index in [-0.39, 0.29) is 18.1 Å². The summed E-state index contributed by atoms with van der Waals surface area (Å²) in [5.41, 5.74) is 5.75. The average Bonchev–Trinajstić information content (AvgIpc) is 3.08. The molecule has 0 aliphatic carbocycles. The number of rotatable bonds is 3. The summed E-state index contributed by atoms with van der Waals surface area (Å²) in [6.07, 6.45) is 3.99. The van der Waals surface area contributed by atoms with Crippen LogP contribution >= 0.6 is 0 Å². The summed E-state index contributed by atoms with van der Waals surface area (Å²) in [5, 5.41) is 3.99. The molecule has 0 radical (unpaired) electrons. The summed E-state index contributed by atoms with van der Waals surface area (Å²) in [4.78, 5) is 18.5. The number of nitrogen functional groups attached to an aromatic ring is 1. The normalized spacial score (nSPS) is 22.1. The first-order valence-electron chi connectivity index (χ1n) is 6.36. The van der Waals surface area contributed by atoms with Crippen LogP contribution in [-0.4, -0.2) is 55.5 Å². The summed E-state index contributed by atoms with van der Waals surface area (Å²) in [7, 11) is 1.93. The van der Waals surface area contributed by atoms with Crippen LogP contribution in [0.5, 0.6) is 0 Å². The van der Waals surface area contributed by atoms with Crippen molar-refractivity contribution in [3.8, 4) is 5.95 Å². The summed E-state index contributed by atoms with van der Waals surface area (Å²) < 4.78 is 7.02. The molecule has 20 heavy (non-hydrogen) atoms. The molecular weight excluding hydrogens is 260 g/mol. The van der Waals surface area contributed by atoms with Gasteiger partial charge in [-0.3, -0.25) is 0 Å². The standard InChI is InChI=1S/C11H16N8O/c1-7-8(3-4-20-7)18(2)10-15-9(12)16-11(17-10)19-6-13-5-14-19/h5-8H,3-4H2,1-2H3,(H2,12,15,16,17). The van der Waals surface area contributed by atoms with Gasteiger partial charge in [0.1, 0.15) is 12.7 Å². The van der Waals surface area contributed by atoms with Gasteiger partial charge in [-0.15, -0.1) is 0 Å². The molecule has 3 heterocycles. The first kappa shape index (κ1) is 12.7. The van der Waals surface area contributed by atoms with Crippen molar-refractivity contribution in [2.24, 2.45) is 0 Å². The maximum absolute atomic E-state index is 5.75. The molecule has 1 saturated heterocycles. The maximum atomic E-state index is 5.75. The number of hydrogen-bond donors (Lipinski definition) is 1. The van der Waals surface area contributed by atoms with Gasteiger partial charge in [0.2, 0.25) is 11.9 Å². The highest BCUT2D eigenvalue weighted by Crippen LogP contribution is 2.22. The van der Waals surface area contributed by atoms with Crippen molar-refractivity contribution in [3.05, 3.63) is 12.7 Å². The molecule has 1 aliphatic heterocycles. The molecule has 0 saturated carbocycles. The first-order valence-corrected chi connectivity index (χ1v) is 6.36. The van der Waals surface area contributed by atoms with Crippen molar-refractivity contribution in [1.29, 1.82) is 0 Å². The van der Waals surface area contributed by atoms with Crippen molar-refractivity contribution in [3.63, 3.8) is 0 Å². The lowest BCUT2D eigenvalue weighted by molar-refractivity contribution is 0.118. The Hall–Kier alpha value is -2.29. The molecule has 1 aliphatic rings. The average molecular weight is 276 g/mol. The lowest BCUT2D eigenvalue weighted by Crippen LogP contribution is -2.38. The highest BCUT2D eigenvalue weighted by Gasteiger charge is 2.29. The Balaban J connectivity index is 1.93. The quantitative estimate of drug-likeness (QED) is 0.810. The van der Waals surface area contributed by atoms with Gasteiger partial charge >= 0.3 is 0 Å². The van der Waals surface area contributed by atoms with Crippen LogP contribution < -0.4 is 10.6 Å². The van der Waals surface area contributed by atoms with Crippen molar-refractivity contribution in [1.82, 2.24) is 29.7 Å². The van der Waals surface area contributed by atoms with E-state index in [1.165, 1.54) is 17.3 Å². The molecule has 2 unspecified atom stereocenters. The molecule has 1 fully saturated rings. The molecule has 2 aromatic heterocycles. The molecular formula is C11H16N8O. The first-order chi connectivity index (χ1) is 9.65. The number of hydrogen-bond acceptors (Lipinski definition) is 8. The van der Waals surface area contributed by atoms with Gasteiger partial charge in [-0.1, -0.05) is 0 Å². The second-order valence-corrected chi connectivity index (χ2v) is 4.68. The topological polar surface area (TPSA) is 108 Å². The Morgan fingerprint density at radius 2 is 2.25 bits per heavy atom. The molecule has 0 bridgehead atoms. The third-order valence-electron chi connectivity index (χ3n) is 3.40. The van der Waals surface area contributed by atoms with E-state index in [0.29, 0.717) is 11.9 Å². The Kier molecular flexibility index (Phi) is 3.18. The van der Waals surface area contributed by atoms with Gasteiger partial charge in [-0.25, -0.2) is 4.98 Å². The summed E-state index contributed by atoms with van der Waals surface area (Å²) in [6.45, 7) is 2.78. The minimum atomic E-state index is 0.132. The monoisotopic (exact) mass is 276 g/mol. The van der Waals surface area contributed by atoms with Gasteiger partial charge in [-0.05, 0) is 13.3 Å². The number of ether oxygens (including phenoxy) is 1. The zero-order valence-corrected chi connectivity index (χ0v) is 11.3. The summed E-state index contributed by atoms with van der Waals surface area (Å²) >= 11 is 0. The number of anilines is 2. The van der Waals surface area contributed by atoms with Crippen LogP contribution in [0.2, 0.25) is 0 Å². The van der Waals surface area contributed by atoms with E-state index in [1.54, 1.807) is 0 Å². The Bertz CT molecular complexity index is 586. The molecule has 0 amide bonds. The fraction of sp³-hybridized carbons (Fsp3) is 0.545. The van der Waals surface area contributed by atoms with Gasteiger partial charge in [0.25, 0.3) is 5.95 Å². The van der Waals surface area contributed by atoms with Crippen LogP contribution in [0.1, 0.15) is 13.3 Å². The van der Waals surface area contributed by atoms with E-state index >= 15 is 0 Å². The van der Waals surface area contributed by atoms with E-state index in [4.69, 9.17) is 10.5 Å². The molecule has 0 aromatic carbocycles. The zero-order valence-electron chi connectivity index (χ0n) is 11.3. The second-order valence-electron chi connectivity index (χ2n) is 4.68. The molecule has 9 heteroatoms. The minimum absolute atomic E-state index is 0.132. The Morgan fingerprint density at radius 1 is 1.40 bits per heavy atom. The van der Waals surface area contributed by atoms with Gasteiger partial charge in [-0.2, -0.15) is 24.7 Å². The second kappa shape index (κ2) is 5.00. The van der Waals surface area contributed by atoms with E-state index in [0.717, 1.165) is 13.0 Å². The SMILES string of the molecule is CC1OCCC1N(C)c1nc(N)nc(-n2cncn2)n1. The number of nitrogens with zero attached hydrogens (tertiary/aromatic N) is 7. The van der Waals surface area contributed by atoms with E-state index in [9.17, 15) is 0 Å². The third-order valence-corrected chi connectivity index (χ3v) is 3.40. The molecule has 2 aromatic rings. The van der Waals surface area contributed by atoms with Crippen LogP contribution in [0.15, 0.2) is 12.7 Å². The van der Waals surface area contributed by atoms with Gasteiger partial charge in [0, 0.05) is 13.7 Å². The molecule has 2 atom stereocenters. The van der Waals surface area contributed by atoms with Crippen LogP contribution in [0.3, 0.4) is 0 Å². The predicted octanol–water partition coefficient (Wildman–Crippen LogP) is -0.352. The number of nitrogens with two attached hydrogens (primary N) is 1. The highest BCUT2D eigenvalue weighted by atomic mass is 16.5. The van der Waals surface area contributed by atoms with Gasteiger partial charge in [0.05, 0.1) is 12.1 Å². The lowest BCUT2D eigenvalue weighted by Gasteiger charge is -2.26. The largest absolute Gasteiger partial charge is 0.376 e. The Morgan fingerprint density at radius 3 is 2.90 bits per heavy atom. The highest BCUT2D eigenvalue weighted by molar-refractivity contribution is 5.38. The third kappa shape index (κ3) is 2.27. The van der Waals surface area contributed by atoms with E-state index in [2.05, 4.69) is 25.0 Å². The summed E-state index contributed by atoms with van der Waals surface area (Å²) in [5.74, 6) is 1.01. The predicted molar refractivity (Wildman–Crippen MR) is 71.4 cm³/mol. The molecule has 2 N–H and O–H groups in total. The van der Waals surface area contributed by atoms with Crippen molar-refractivity contribution in [2.75, 3.05) is 24.3 Å². The summed E-state index contributed by atoms with van der Waals surface area (Å²) in [6, 6.07) is 0.223. The maximum Gasteiger partial charge on any atom is 0.258 e. The smallest absolute Gasteiger partial charge is 0.258 e. The van der Waals surface area contributed by atoms with Crippen molar-refractivity contribution >= 4 is 11.9 Å². The van der Waals surface area contributed by atoms with Gasteiger partial charge < -0.3 is 15.4 Å².